The molecule has 0 aliphatic carbocycles. The molecule has 4 rings (SSSR count). The molecule has 1 aliphatic rings. The summed E-state index contributed by atoms with van der Waals surface area (Å²) in [6.45, 7) is 0.336. The number of amides is 1. The topological polar surface area (TPSA) is 109 Å². The quantitative estimate of drug-likeness (QED) is 0.493. The van der Waals surface area contributed by atoms with Crippen molar-refractivity contribution in [2.45, 2.75) is 31.9 Å². The van der Waals surface area contributed by atoms with Gasteiger partial charge < -0.3 is 28.6 Å². The molecule has 8 nitrogen and oxygen atoms in total. The Bertz CT molecular complexity index is 1090. The summed E-state index contributed by atoms with van der Waals surface area (Å²) in [7, 11) is -4.43. The van der Waals surface area contributed by atoms with E-state index in [4.69, 9.17) is 23.7 Å². The number of hydrogen-bond acceptors (Lipinski definition) is 5. The zero-order valence-electron chi connectivity index (χ0n) is 17.3. The third-order valence-electron chi connectivity index (χ3n) is 5.14. The highest BCUT2D eigenvalue weighted by Crippen LogP contribution is 2.34. The van der Waals surface area contributed by atoms with Crippen molar-refractivity contribution in [2.24, 2.45) is 0 Å². The van der Waals surface area contributed by atoms with Crippen molar-refractivity contribution in [3.05, 3.63) is 72.5 Å². The lowest BCUT2D eigenvalue weighted by Crippen LogP contribution is -2.46. The Balaban J connectivity index is 1.39. The number of benzene rings is 2. The molecule has 2 N–H and O–H groups in total. The van der Waals surface area contributed by atoms with E-state index in [0.29, 0.717) is 17.9 Å². The van der Waals surface area contributed by atoms with Crippen LogP contribution in [0.5, 0.6) is 11.5 Å². The van der Waals surface area contributed by atoms with Crippen molar-refractivity contribution in [3.8, 4) is 11.5 Å². The molecule has 32 heavy (non-hydrogen) atoms. The SMILES string of the molecule is O=C1CCCC(COCc2ccc(P(=O)(O)O)o2)N1c1ccc(Oc2ccccc2)cc1. The van der Waals surface area contributed by atoms with Gasteiger partial charge in [0.05, 0.1) is 12.6 Å². The van der Waals surface area contributed by atoms with Crippen LogP contribution in [0, 0.1) is 0 Å². The summed E-state index contributed by atoms with van der Waals surface area (Å²) in [5.41, 5.74) is 0.383. The summed E-state index contributed by atoms with van der Waals surface area (Å²) >= 11 is 0. The van der Waals surface area contributed by atoms with Crippen LogP contribution in [0.2, 0.25) is 0 Å². The van der Waals surface area contributed by atoms with Crippen LogP contribution >= 0.6 is 7.60 Å². The Morgan fingerprint density at radius 3 is 2.41 bits per heavy atom. The Morgan fingerprint density at radius 2 is 1.72 bits per heavy atom. The smallest absolute Gasteiger partial charge is 0.391 e. The van der Waals surface area contributed by atoms with Crippen molar-refractivity contribution < 1.29 is 33.0 Å². The summed E-state index contributed by atoms with van der Waals surface area (Å²) in [5.74, 6) is 1.76. The molecule has 0 bridgehead atoms. The number of ether oxygens (including phenoxy) is 2. The molecule has 9 heteroatoms. The van der Waals surface area contributed by atoms with Gasteiger partial charge in [-0.3, -0.25) is 9.36 Å². The molecule has 1 unspecified atom stereocenters. The normalized spacial score (nSPS) is 16.9. The maximum absolute atomic E-state index is 12.7. The highest BCUT2D eigenvalue weighted by molar-refractivity contribution is 7.59. The van der Waals surface area contributed by atoms with Crippen LogP contribution in [0.25, 0.3) is 0 Å². The van der Waals surface area contributed by atoms with E-state index in [0.717, 1.165) is 24.3 Å². The summed E-state index contributed by atoms with van der Waals surface area (Å²) in [6.07, 6.45) is 2.05. The van der Waals surface area contributed by atoms with Gasteiger partial charge in [0.25, 0.3) is 0 Å². The van der Waals surface area contributed by atoms with Crippen molar-refractivity contribution in [2.75, 3.05) is 11.5 Å². The zero-order chi connectivity index (χ0) is 22.6. The van der Waals surface area contributed by atoms with Gasteiger partial charge in [-0.1, -0.05) is 18.2 Å². The fourth-order valence-electron chi connectivity index (χ4n) is 3.65. The number of furan rings is 1. The Morgan fingerprint density at radius 1 is 1.00 bits per heavy atom. The Labute approximate surface area is 185 Å². The van der Waals surface area contributed by atoms with E-state index < -0.39 is 7.60 Å². The standard InChI is InChI=1S/C23H24NO7P/c25-22-8-4-5-18(15-29-16-21-13-14-23(31-21)32(26,27)28)24(22)17-9-11-20(12-10-17)30-19-6-2-1-3-7-19/h1-3,6-7,9-14,18H,4-5,8,15-16H2,(H2,26,27,28). The number of anilines is 1. The molecule has 2 heterocycles. The number of nitrogens with zero attached hydrogens (tertiary/aromatic N) is 1. The number of hydrogen-bond donors (Lipinski definition) is 2. The summed E-state index contributed by atoms with van der Waals surface area (Å²) in [4.78, 5) is 32.7. The average Bonchev–Trinajstić information content (AvgIpc) is 3.25. The monoisotopic (exact) mass is 457 g/mol. The van der Waals surface area contributed by atoms with Gasteiger partial charge in [0, 0.05) is 12.1 Å². The highest BCUT2D eigenvalue weighted by atomic mass is 31.2. The molecule has 1 aliphatic heterocycles. The molecule has 1 fully saturated rings. The van der Waals surface area contributed by atoms with Gasteiger partial charge in [-0.05, 0) is 61.4 Å². The van der Waals surface area contributed by atoms with Crippen LogP contribution in [-0.2, 0) is 20.7 Å². The first kappa shape index (κ1) is 22.3. The first-order chi connectivity index (χ1) is 15.4. The fraction of sp³-hybridized carbons (Fsp3) is 0.261. The Kier molecular flexibility index (Phi) is 6.77. The highest BCUT2D eigenvalue weighted by Gasteiger charge is 2.30. The predicted octanol–water partition coefficient (Wildman–Crippen LogP) is 3.98. The minimum atomic E-state index is -4.43. The Hall–Kier alpha value is -2.90. The van der Waals surface area contributed by atoms with Crippen molar-refractivity contribution in [1.82, 2.24) is 0 Å². The van der Waals surface area contributed by atoms with Gasteiger partial charge in [0.15, 0.2) is 0 Å². The third kappa shape index (κ3) is 5.47. The molecule has 0 radical (unpaired) electrons. The van der Waals surface area contributed by atoms with Gasteiger partial charge >= 0.3 is 7.60 Å². The van der Waals surface area contributed by atoms with Crippen molar-refractivity contribution in [3.63, 3.8) is 0 Å². The molecule has 1 amide bonds. The molecule has 0 saturated carbocycles. The minimum Gasteiger partial charge on any atom is -0.457 e. The minimum absolute atomic E-state index is 0.0309. The van der Waals surface area contributed by atoms with Gasteiger partial charge in [0.2, 0.25) is 11.4 Å². The first-order valence-electron chi connectivity index (χ1n) is 10.3. The lowest BCUT2D eigenvalue weighted by Gasteiger charge is -2.35. The van der Waals surface area contributed by atoms with Crippen LogP contribution in [0.1, 0.15) is 25.0 Å². The van der Waals surface area contributed by atoms with E-state index in [1.54, 1.807) is 4.90 Å². The third-order valence-corrected chi connectivity index (χ3v) is 5.96. The molecule has 1 saturated heterocycles. The molecule has 3 aromatic rings. The number of para-hydroxylation sites is 1. The summed E-state index contributed by atoms with van der Waals surface area (Å²) in [6, 6.07) is 19.4. The lowest BCUT2D eigenvalue weighted by atomic mass is 10.0. The molecule has 2 aromatic carbocycles. The molecule has 168 valence electrons. The van der Waals surface area contributed by atoms with Gasteiger partial charge in [-0.2, -0.15) is 0 Å². The maximum atomic E-state index is 12.7. The van der Waals surface area contributed by atoms with E-state index >= 15 is 0 Å². The summed E-state index contributed by atoms with van der Waals surface area (Å²) < 4.78 is 27.9. The molecular formula is C23H24NO7P. The summed E-state index contributed by atoms with van der Waals surface area (Å²) in [5, 5.41) is 0. The first-order valence-corrected chi connectivity index (χ1v) is 11.9. The largest absolute Gasteiger partial charge is 0.457 e. The zero-order valence-corrected chi connectivity index (χ0v) is 18.2. The molecular weight excluding hydrogens is 433 g/mol. The number of rotatable bonds is 8. The lowest BCUT2D eigenvalue weighted by molar-refractivity contribution is -0.120. The molecule has 1 aromatic heterocycles. The van der Waals surface area contributed by atoms with Gasteiger partial charge in [-0.15, -0.1) is 0 Å². The van der Waals surface area contributed by atoms with Crippen LogP contribution in [-0.4, -0.2) is 28.3 Å². The van der Waals surface area contributed by atoms with E-state index in [1.165, 1.54) is 12.1 Å². The second kappa shape index (κ2) is 9.71. The van der Waals surface area contributed by atoms with Crippen LogP contribution < -0.4 is 15.1 Å². The van der Waals surface area contributed by atoms with E-state index in [-0.39, 0.29) is 30.7 Å². The predicted molar refractivity (Wildman–Crippen MR) is 118 cm³/mol. The average molecular weight is 457 g/mol. The van der Waals surface area contributed by atoms with E-state index in [9.17, 15) is 9.36 Å². The van der Waals surface area contributed by atoms with Crippen LogP contribution in [0.4, 0.5) is 5.69 Å². The van der Waals surface area contributed by atoms with E-state index in [1.807, 2.05) is 54.6 Å². The number of carbonyl (C=O) groups is 1. The second-order valence-corrected chi connectivity index (χ2v) is 9.05. The molecule has 0 spiro atoms. The van der Waals surface area contributed by atoms with Gasteiger partial charge in [-0.25, -0.2) is 0 Å². The molecule has 1 atom stereocenters. The number of piperidine rings is 1. The second-order valence-electron chi connectivity index (χ2n) is 7.52. The van der Waals surface area contributed by atoms with E-state index in [2.05, 4.69) is 0 Å². The van der Waals surface area contributed by atoms with Crippen molar-refractivity contribution >= 4 is 24.7 Å². The fourth-order valence-corrected chi connectivity index (χ4v) is 4.16. The van der Waals surface area contributed by atoms with Crippen molar-refractivity contribution in [1.29, 1.82) is 0 Å². The maximum Gasteiger partial charge on any atom is 0.391 e. The van der Waals surface area contributed by atoms with Gasteiger partial charge in [0.1, 0.15) is 23.9 Å². The number of carbonyl (C=O) groups excluding carboxylic acids is 1. The van der Waals surface area contributed by atoms with Crippen LogP contribution in [0.3, 0.4) is 0 Å². The van der Waals surface area contributed by atoms with Crippen LogP contribution in [0.15, 0.2) is 71.1 Å².